The first kappa shape index (κ1) is 18.5. The lowest BCUT2D eigenvalue weighted by molar-refractivity contribution is 0.0768. The van der Waals surface area contributed by atoms with E-state index in [4.69, 9.17) is 11.6 Å². The number of hydrogen-bond donors (Lipinski definition) is 1. The lowest BCUT2D eigenvalue weighted by atomic mass is 10.1. The van der Waals surface area contributed by atoms with Gasteiger partial charge in [-0.05, 0) is 32.8 Å². The highest BCUT2D eigenvalue weighted by molar-refractivity contribution is 6.33. The molecule has 6 heteroatoms. The van der Waals surface area contributed by atoms with Gasteiger partial charge in [0, 0.05) is 13.6 Å². The van der Waals surface area contributed by atoms with E-state index in [2.05, 4.69) is 5.10 Å². The first-order valence-electron chi connectivity index (χ1n) is 8.01. The number of aryl methyl sites for hydroxylation is 2. The summed E-state index contributed by atoms with van der Waals surface area (Å²) in [6.07, 6.45) is 0.0808. The molecule has 0 bridgehead atoms. The molecule has 130 valence electrons. The van der Waals surface area contributed by atoms with Crippen LogP contribution >= 0.6 is 11.6 Å². The van der Waals surface area contributed by atoms with Gasteiger partial charge in [-0.15, -0.1) is 0 Å². The van der Waals surface area contributed by atoms with Crippen molar-refractivity contribution >= 4 is 17.5 Å². The number of carbonyl (C=O) groups is 1. The number of rotatable bonds is 6. The number of nitrogens with zero attached hydrogens (tertiary/aromatic N) is 3. The number of hydrogen-bond acceptors (Lipinski definition) is 3. The second-order valence-corrected chi connectivity index (χ2v) is 6.62. The molecule has 1 unspecified atom stereocenters. The summed E-state index contributed by atoms with van der Waals surface area (Å²) in [6, 6.07) is 8.13. The van der Waals surface area contributed by atoms with Crippen molar-refractivity contribution in [1.29, 1.82) is 0 Å². The Kier molecular flexibility index (Phi) is 6.02. The van der Waals surface area contributed by atoms with Gasteiger partial charge in [-0.25, -0.2) is 4.68 Å². The average molecular weight is 350 g/mol. The molecule has 5 nitrogen and oxygen atoms in total. The van der Waals surface area contributed by atoms with Gasteiger partial charge in [0.25, 0.3) is 5.91 Å². The highest BCUT2D eigenvalue weighted by atomic mass is 35.5. The van der Waals surface area contributed by atoms with Crippen LogP contribution in [0.25, 0.3) is 0 Å². The number of aromatic nitrogens is 2. The minimum Gasteiger partial charge on any atom is -0.393 e. The smallest absolute Gasteiger partial charge is 0.258 e. The van der Waals surface area contributed by atoms with Gasteiger partial charge in [0.1, 0.15) is 5.15 Å². The van der Waals surface area contributed by atoms with Crippen LogP contribution < -0.4 is 0 Å². The lowest BCUT2D eigenvalue weighted by Gasteiger charge is -2.18. The van der Waals surface area contributed by atoms with E-state index in [-0.39, 0.29) is 5.91 Å². The van der Waals surface area contributed by atoms with Gasteiger partial charge < -0.3 is 10.0 Å². The molecule has 0 saturated heterocycles. The first-order valence-corrected chi connectivity index (χ1v) is 8.39. The van der Waals surface area contributed by atoms with E-state index in [1.54, 1.807) is 30.5 Å². The van der Waals surface area contributed by atoms with E-state index < -0.39 is 6.10 Å². The van der Waals surface area contributed by atoms with Crippen molar-refractivity contribution in [2.75, 3.05) is 13.6 Å². The number of benzene rings is 1. The topological polar surface area (TPSA) is 58.4 Å². The minimum atomic E-state index is -0.443. The molecule has 2 aromatic rings. The summed E-state index contributed by atoms with van der Waals surface area (Å²) in [5, 5.41) is 14.1. The van der Waals surface area contributed by atoms with Crippen LogP contribution in [-0.2, 0) is 6.54 Å². The molecule has 0 radical (unpaired) electrons. The monoisotopic (exact) mass is 349 g/mol. The number of amides is 1. The fourth-order valence-electron chi connectivity index (χ4n) is 2.44. The van der Waals surface area contributed by atoms with Crippen LogP contribution in [0.2, 0.25) is 5.15 Å². The number of carbonyl (C=O) groups excluding carboxylic acids is 1. The molecule has 1 aromatic heterocycles. The molecular formula is C18H24ClN3O2. The Labute approximate surface area is 147 Å². The van der Waals surface area contributed by atoms with Crippen LogP contribution in [0.15, 0.2) is 24.3 Å². The quantitative estimate of drug-likeness (QED) is 0.872. The summed E-state index contributed by atoms with van der Waals surface area (Å²) in [5.74, 6) is -0.173. The summed E-state index contributed by atoms with van der Waals surface area (Å²) in [6.45, 7) is 6.51. The molecule has 0 aliphatic heterocycles. The fourth-order valence-corrected chi connectivity index (χ4v) is 2.76. The van der Waals surface area contributed by atoms with Crippen LogP contribution in [0.5, 0.6) is 0 Å². The SMILES string of the molecule is Cc1ccc(Cn2nc(C)c(C(=O)N(C)CCC(C)O)c2Cl)cc1. The molecular weight excluding hydrogens is 326 g/mol. The molecule has 0 aliphatic carbocycles. The van der Waals surface area contributed by atoms with Crippen LogP contribution in [0.1, 0.15) is 40.5 Å². The summed E-state index contributed by atoms with van der Waals surface area (Å²) in [7, 11) is 1.71. The lowest BCUT2D eigenvalue weighted by Crippen LogP contribution is -2.30. The maximum Gasteiger partial charge on any atom is 0.258 e. The number of halogens is 1. The van der Waals surface area contributed by atoms with Gasteiger partial charge in [-0.3, -0.25) is 4.79 Å². The number of aliphatic hydroxyl groups is 1. The zero-order chi connectivity index (χ0) is 17.9. The summed E-state index contributed by atoms with van der Waals surface area (Å²) >= 11 is 6.42. The summed E-state index contributed by atoms with van der Waals surface area (Å²) in [4.78, 5) is 14.2. The van der Waals surface area contributed by atoms with Crippen molar-refractivity contribution in [2.45, 2.75) is 39.8 Å². The van der Waals surface area contributed by atoms with Crippen LogP contribution in [0.3, 0.4) is 0 Å². The van der Waals surface area contributed by atoms with Crippen molar-refractivity contribution in [2.24, 2.45) is 0 Å². The average Bonchev–Trinajstić information content (AvgIpc) is 2.80. The van der Waals surface area contributed by atoms with Crippen molar-refractivity contribution in [3.05, 3.63) is 51.8 Å². The van der Waals surface area contributed by atoms with E-state index >= 15 is 0 Å². The summed E-state index contributed by atoms with van der Waals surface area (Å²) < 4.78 is 1.65. The van der Waals surface area contributed by atoms with Crippen molar-refractivity contribution in [3.8, 4) is 0 Å². The molecule has 2 rings (SSSR count). The minimum absolute atomic E-state index is 0.173. The molecule has 0 spiro atoms. The first-order chi connectivity index (χ1) is 11.3. The Bertz CT molecular complexity index is 708. The third kappa shape index (κ3) is 4.36. The van der Waals surface area contributed by atoms with Gasteiger partial charge >= 0.3 is 0 Å². The van der Waals surface area contributed by atoms with Crippen LogP contribution in [0, 0.1) is 13.8 Å². The third-order valence-electron chi connectivity index (χ3n) is 3.96. The third-order valence-corrected chi connectivity index (χ3v) is 4.35. The van der Waals surface area contributed by atoms with E-state index in [1.165, 1.54) is 5.56 Å². The molecule has 1 N–H and O–H groups in total. The van der Waals surface area contributed by atoms with Gasteiger partial charge in [0.05, 0.1) is 23.9 Å². The van der Waals surface area contributed by atoms with E-state index in [0.29, 0.717) is 35.9 Å². The van der Waals surface area contributed by atoms with Crippen LogP contribution in [0.4, 0.5) is 0 Å². The molecule has 0 fully saturated rings. The molecule has 0 aliphatic rings. The van der Waals surface area contributed by atoms with E-state index in [0.717, 1.165) is 5.56 Å². The van der Waals surface area contributed by atoms with Crippen molar-refractivity contribution < 1.29 is 9.90 Å². The predicted octanol–water partition coefficient (Wildman–Crippen LogP) is 3.04. The maximum atomic E-state index is 12.6. The predicted molar refractivity (Wildman–Crippen MR) is 95.5 cm³/mol. The standard InChI is InChI=1S/C18H24ClN3O2/c1-12-5-7-15(8-6-12)11-22-17(19)16(14(3)20-22)18(24)21(4)10-9-13(2)23/h5-8,13,23H,9-11H2,1-4H3. The van der Waals surface area contributed by atoms with Crippen LogP contribution in [-0.4, -0.2) is 45.4 Å². The fraction of sp³-hybridized carbons (Fsp3) is 0.444. The molecule has 24 heavy (non-hydrogen) atoms. The second-order valence-electron chi connectivity index (χ2n) is 6.26. The van der Waals surface area contributed by atoms with E-state index in [9.17, 15) is 9.90 Å². The van der Waals surface area contributed by atoms with Gasteiger partial charge in [-0.2, -0.15) is 5.10 Å². The molecule has 1 amide bonds. The maximum absolute atomic E-state index is 12.6. The zero-order valence-corrected chi connectivity index (χ0v) is 15.3. The van der Waals surface area contributed by atoms with Crippen molar-refractivity contribution in [3.63, 3.8) is 0 Å². The molecule has 1 atom stereocenters. The highest BCUT2D eigenvalue weighted by Crippen LogP contribution is 2.22. The largest absolute Gasteiger partial charge is 0.393 e. The second kappa shape index (κ2) is 7.81. The molecule has 1 aromatic carbocycles. The number of aliphatic hydroxyl groups excluding tert-OH is 1. The van der Waals surface area contributed by atoms with E-state index in [1.807, 2.05) is 31.2 Å². The van der Waals surface area contributed by atoms with Gasteiger partial charge in [0.2, 0.25) is 0 Å². The Balaban J connectivity index is 2.18. The Morgan fingerprint density at radius 2 is 1.96 bits per heavy atom. The Morgan fingerprint density at radius 1 is 1.33 bits per heavy atom. The summed E-state index contributed by atoms with van der Waals surface area (Å²) in [5.41, 5.74) is 3.31. The van der Waals surface area contributed by atoms with Gasteiger partial charge in [-0.1, -0.05) is 41.4 Å². The highest BCUT2D eigenvalue weighted by Gasteiger charge is 2.23. The van der Waals surface area contributed by atoms with Crippen molar-refractivity contribution in [1.82, 2.24) is 14.7 Å². The Morgan fingerprint density at radius 3 is 2.54 bits per heavy atom. The molecule has 1 heterocycles. The normalized spacial score (nSPS) is 12.2. The zero-order valence-electron chi connectivity index (χ0n) is 14.6. The molecule has 0 saturated carbocycles. The Hall–Kier alpha value is -1.85. The van der Waals surface area contributed by atoms with Gasteiger partial charge in [0.15, 0.2) is 0 Å².